The van der Waals surface area contributed by atoms with Crippen molar-refractivity contribution in [3.8, 4) is 0 Å². The van der Waals surface area contributed by atoms with Gasteiger partial charge >= 0.3 is 0 Å². The Labute approximate surface area is 107 Å². The van der Waals surface area contributed by atoms with Crippen LogP contribution in [0.15, 0.2) is 0 Å². The minimum atomic E-state index is -0.507. The van der Waals surface area contributed by atoms with Crippen molar-refractivity contribution in [3.63, 3.8) is 0 Å². The Balaban J connectivity index is 2.71. The standard InChI is InChI=1S/C15H31NO/c1-12(2)10-15(17,11-13(3)4)14-8-6-5-7-9-16-14/h12-14,16-17H,5-11H2,1-4H3. The molecular weight excluding hydrogens is 210 g/mol. The van der Waals surface area contributed by atoms with Crippen LogP contribution in [-0.4, -0.2) is 23.3 Å². The molecule has 1 rings (SSSR count). The maximum absolute atomic E-state index is 11.0. The Morgan fingerprint density at radius 1 is 1.06 bits per heavy atom. The molecule has 2 N–H and O–H groups in total. The van der Waals surface area contributed by atoms with E-state index in [1.165, 1.54) is 19.3 Å². The summed E-state index contributed by atoms with van der Waals surface area (Å²) in [5.74, 6) is 1.12. The Morgan fingerprint density at radius 2 is 1.65 bits per heavy atom. The van der Waals surface area contributed by atoms with Crippen LogP contribution in [-0.2, 0) is 0 Å². The first kappa shape index (κ1) is 15.0. The van der Waals surface area contributed by atoms with Crippen LogP contribution in [0.3, 0.4) is 0 Å². The van der Waals surface area contributed by atoms with Crippen molar-refractivity contribution in [3.05, 3.63) is 0 Å². The zero-order chi connectivity index (χ0) is 12.9. The number of aliphatic hydroxyl groups is 1. The lowest BCUT2D eigenvalue weighted by Gasteiger charge is -2.39. The van der Waals surface area contributed by atoms with Gasteiger partial charge in [-0.05, 0) is 44.1 Å². The lowest BCUT2D eigenvalue weighted by atomic mass is 9.78. The van der Waals surface area contributed by atoms with Crippen LogP contribution in [0, 0.1) is 11.8 Å². The van der Waals surface area contributed by atoms with Crippen molar-refractivity contribution in [2.45, 2.75) is 77.9 Å². The molecular formula is C15H31NO. The number of rotatable bonds is 5. The Bertz CT molecular complexity index is 195. The summed E-state index contributed by atoms with van der Waals surface area (Å²) >= 11 is 0. The van der Waals surface area contributed by atoms with E-state index in [1.54, 1.807) is 0 Å². The van der Waals surface area contributed by atoms with E-state index in [2.05, 4.69) is 33.0 Å². The van der Waals surface area contributed by atoms with Gasteiger partial charge in [-0.25, -0.2) is 0 Å². The first-order valence-electron chi connectivity index (χ1n) is 7.40. The normalized spacial score (nSPS) is 23.1. The molecule has 1 atom stereocenters. The molecule has 2 nitrogen and oxygen atoms in total. The average Bonchev–Trinajstić information content (AvgIpc) is 2.42. The van der Waals surface area contributed by atoms with Gasteiger partial charge in [-0.15, -0.1) is 0 Å². The van der Waals surface area contributed by atoms with Crippen LogP contribution < -0.4 is 5.32 Å². The maximum Gasteiger partial charge on any atom is 0.0804 e. The Morgan fingerprint density at radius 3 is 2.18 bits per heavy atom. The van der Waals surface area contributed by atoms with E-state index < -0.39 is 5.60 Å². The highest BCUT2D eigenvalue weighted by Gasteiger charge is 2.37. The summed E-state index contributed by atoms with van der Waals surface area (Å²) in [4.78, 5) is 0. The molecule has 0 amide bonds. The van der Waals surface area contributed by atoms with E-state index in [0.29, 0.717) is 17.9 Å². The third-order valence-corrected chi connectivity index (χ3v) is 3.73. The second kappa shape index (κ2) is 6.75. The van der Waals surface area contributed by atoms with Crippen molar-refractivity contribution in [1.82, 2.24) is 5.32 Å². The second-order valence-electron chi connectivity index (χ2n) is 6.66. The molecule has 0 bridgehead atoms. The molecule has 102 valence electrons. The monoisotopic (exact) mass is 241 g/mol. The summed E-state index contributed by atoms with van der Waals surface area (Å²) in [6.07, 6.45) is 6.80. The summed E-state index contributed by atoms with van der Waals surface area (Å²) in [7, 11) is 0. The number of nitrogens with one attached hydrogen (secondary N) is 1. The highest BCUT2D eigenvalue weighted by atomic mass is 16.3. The molecule has 1 saturated heterocycles. The second-order valence-corrected chi connectivity index (χ2v) is 6.66. The average molecular weight is 241 g/mol. The Kier molecular flexibility index (Phi) is 5.94. The van der Waals surface area contributed by atoms with E-state index >= 15 is 0 Å². The van der Waals surface area contributed by atoms with Gasteiger partial charge in [-0.1, -0.05) is 40.5 Å². The lowest BCUT2D eigenvalue weighted by molar-refractivity contribution is -0.0347. The molecule has 1 fully saturated rings. The molecule has 0 aromatic carbocycles. The third-order valence-electron chi connectivity index (χ3n) is 3.73. The van der Waals surface area contributed by atoms with Crippen molar-refractivity contribution in [2.24, 2.45) is 11.8 Å². The van der Waals surface area contributed by atoms with Crippen LogP contribution >= 0.6 is 0 Å². The number of hydrogen-bond acceptors (Lipinski definition) is 2. The quantitative estimate of drug-likeness (QED) is 0.773. The summed E-state index contributed by atoms with van der Waals surface area (Å²) in [6.45, 7) is 9.91. The van der Waals surface area contributed by atoms with E-state index in [0.717, 1.165) is 25.8 Å². The molecule has 0 radical (unpaired) electrons. The summed E-state index contributed by atoms with van der Waals surface area (Å²) in [5, 5.41) is 14.6. The fraction of sp³-hybridized carbons (Fsp3) is 1.00. The molecule has 1 aliphatic heterocycles. The first-order chi connectivity index (χ1) is 7.94. The van der Waals surface area contributed by atoms with Crippen LogP contribution in [0.1, 0.15) is 66.2 Å². The predicted molar refractivity (Wildman–Crippen MR) is 74.1 cm³/mol. The molecule has 0 aliphatic carbocycles. The van der Waals surface area contributed by atoms with Crippen LogP contribution in [0.5, 0.6) is 0 Å². The van der Waals surface area contributed by atoms with E-state index in [4.69, 9.17) is 0 Å². The molecule has 0 aromatic rings. The van der Waals surface area contributed by atoms with Gasteiger partial charge in [0.2, 0.25) is 0 Å². The van der Waals surface area contributed by atoms with Gasteiger partial charge in [-0.2, -0.15) is 0 Å². The van der Waals surface area contributed by atoms with Crippen molar-refractivity contribution >= 4 is 0 Å². The van der Waals surface area contributed by atoms with E-state index in [9.17, 15) is 5.11 Å². The number of hydrogen-bond donors (Lipinski definition) is 2. The lowest BCUT2D eigenvalue weighted by Crippen LogP contribution is -2.52. The van der Waals surface area contributed by atoms with Crippen molar-refractivity contribution in [1.29, 1.82) is 0 Å². The fourth-order valence-corrected chi connectivity index (χ4v) is 3.27. The maximum atomic E-state index is 11.0. The minimum Gasteiger partial charge on any atom is -0.388 e. The van der Waals surface area contributed by atoms with Gasteiger partial charge < -0.3 is 10.4 Å². The summed E-state index contributed by atoms with van der Waals surface area (Å²) in [6, 6.07) is 0.301. The molecule has 0 aromatic heterocycles. The highest BCUT2D eigenvalue weighted by molar-refractivity contribution is 4.93. The minimum absolute atomic E-state index is 0.301. The molecule has 1 aliphatic rings. The van der Waals surface area contributed by atoms with Crippen molar-refractivity contribution < 1.29 is 5.11 Å². The molecule has 1 unspecified atom stereocenters. The van der Waals surface area contributed by atoms with Gasteiger partial charge in [-0.3, -0.25) is 0 Å². The van der Waals surface area contributed by atoms with Crippen molar-refractivity contribution in [2.75, 3.05) is 6.54 Å². The van der Waals surface area contributed by atoms with Crippen LogP contribution in [0.25, 0.3) is 0 Å². The van der Waals surface area contributed by atoms with Crippen LogP contribution in [0.2, 0.25) is 0 Å². The zero-order valence-electron chi connectivity index (χ0n) is 12.1. The van der Waals surface area contributed by atoms with Crippen LogP contribution in [0.4, 0.5) is 0 Å². The van der Waals surface area contributed by atoms with E-state index in [-0.39, 0.29) is 0 Å². The predicted octanol–water partition coefficient (Wildman–Crippen LogP) is 3.34. The molecule has 1 heterocycles. The first-order valence-corrected chi connectivity index (χ1v) is 7.40. The van der Waals surface area contributed by atoms with Gasteiger partial charge in [0.1, 0.15) is 0 Å². The third kappa shape index (κ3) is 4.97. The molecule has 0 spiro atoms. The topological polar surface area (TPSA) is 32.3 Å². The summed E-state index contributed by atoms with van der Waals surface area (Å²) < 4.78 is 0. The summed E-state index contributed by atoms with van der Waals surface area (Å²) in [5.41, 5.74) is -0.507. The zero-order valence-corrected chi connectivity index (χ0v) is 12.1. The van der Waals surface area contributed by atoms with Gasteiger partial charge in [0.15, 0.2) is 0 Å². The highest BCUT2D eigenvalue weighted by Crippen LogP contribution is 2.31. The molecule has 0 saturated carbocycles. The largest absolute Gasteiger partial charge is 0.388 e. The van der Waals surface area contributed by atoms with Gasteiger partial charge in [0.25, 0.3) is 0 Å². The molecule has 2 heteroatoms. The smallest absolute Gasteiger partial charge is 0.0804 e. The Hall–Kier alpha value is -0.0800. The van der Waals surface area contributed by atoms with Gasteiger partial charge in [0, 0.05) is 6.04 Å². The SMILES string of the molecule is CC(C)CC(O)(CC(C)C)C1CCCCCN1. The van der Waals surface area contributed by atoms with E-state index in [1.807, 2.05) is 0 Å². The van der Waals surface area contributed by atoms with Gasteiger partial charge in [0.05, 0.1) is 5.60 Å². The fourth-order valence-electron chi connectivity index (χ4n) is 3.27. The molecule has 17 heavy (non-hydrogen) atoms.